The molecule has 0 aliphatic carbocycles. The summed E-state index contributed by atoms with van der Waals surface area (Å²) >= 11 is 0. The molecule has 2 atom stereocenters. The maximum atomic E-state index is 14.1. The van der Waals surface area contributed by atoms with Gasteiger partial charge in [-0.15, -0.1) is 6.42 Å². The summed E-state index contributed by atoms with van der Waals surface area (Å²) in [5, 5.41) is 0. The van der Waals surface area contributed by atoms with E-state index in [9.17, 15) is 4.39 Å². The predicted octanol–water partition coefficient (Wildman–Crippen LogP) is 2.88. The molecule has 0 spiro atoms. The van der Waals surface area contributed by atoms with Crippen LogP contribution in [0.5, 0.6) is 0 Å². The smallest absolute Gasteiger partial charge is 0.128 e. The number of hydrogen-bond acceptors (Lipinski definition) is 2. The first-order valence-corrected chi connectivity index (χ1v) is 6.43. The minimum Gasteiger partial charge on any atom is -0.354 e. The van der Waals surface area contributed by atoms with Gasteiger partial charge in [-0.2, -0.15) is 0 Å². The van der Waals surface area contributed by atoms with Crippen molar-refractivity contribution in [2.24, 2.45) is 11.8 Å². The lowest BCUT2D eigenvalue weighted by Crippen LogP contribution is -2.43. The molecule has 2 nitrogen and oxygen atoms in total. The van der Waals surface area contributed by atoms with E-state index in [1.54, 1.807) is 6.20 Å². The molecule has 3 heteroatoms. The third-order valence-electron chi connectivity index (χ3n) is 3.69. The molecule has 0 amide bonds. The van der Waals surface area contributed by atoms with Gasteiger partial charge < -0.3 is 4.90 Å². The van der Waals surface area contributed by atoms with Gasteiger partial charge in [-0.1, -0.05) is 19.8 Å². The Bertz CT molecular complexity index is 433. The average molecular weight is 246 g/mol. The van der Waals surface area contributed by atoms with E-state index in [1.807, 2.05) is 17.0 Å². The lowest BCUT2D eigenvalue weighted by molar-refractivity contribution is 0.153. The quantitative estimate of drug-likeness (QED) is 0.746. The molecule has 0 aromatic carbocycles. The van der Waals surface area contributed by atoms with Crippen molar-refractivity contribution in [1.29, 1.82) is 0 Å². The molecule has 0 saturated carbocycles. The summed E-state index contributed by atoms with van der Waals surface area (Å²) in [4.78, 5) is 6.30. The standard InChI is InChI=1S/C15H19FN2/c1-4-12-5-6-15(17-9-12)18-8-7-13(11(2)3)14(16)10-18/h1,5-6,9,11,13-14H,7-8,10H2,2-3H3. The number of hydrogen-bond donors (Lipinski definition) is 0. The summed E-state index contributed by atoms with van der Waals surface area (Å²) in [6.45, 7) is 5.48. The largest absolute Gasteiger partial charge is 0.354 e. The van der Waals surface area contributed by atoms with Gasteiger partial charge in [-0.3, -0.25) is 0 Å². The molecule has 1 aromatic rings. The number of pyridine rings is 1. The Morgan fingerprint density at radius 2 is 2.28 bits per heavy atom. The van der Waals surface area contributed by atoms with Crippen LogP contribution in [0.3, 0.4) is 0 Å². The molecule has 2 rings (SSSR count). The third kappa shape index (κ3) is 2.64. The molecular formula is C15H19FN2. The zero-order valence-electron chi connectivity index (χ0n) is 10.9. The zero-order chi connectivity index (χ0) is 13.1. The van der Waals surface area contributed by atoms with Crippen molar-refractivity contribution in [3.8, 4) is 12.3 Å². The van der Waals surface area contributed by atoms with E-state index in [0.717, 1.165) is 24.3 Å². The van der Waals surface area contributed by atoms with Crippen LogP contribution in [0.2, 0.25) is 0 Å². The van der Waals surface area contributed by atoms with E-state index < -0.39 is 6.17 Å². The number of nitrogens with zero attached hydrogens (tertiary/aromatic N) is 2. The van der Waals surface area contributed by atoms with Crippen LogP contribution >= 0.6 is 0 Å². The summed E-state index contributed by atoms with van der Waals surface area (Å²) in [7, 11) is 0. The van der Waals surface area contributed by atoms with Gasteiger partial charge in [-0.25, -0.2) is 9.37 Å². The molecule has 1 saturated heterocycles. The normalized spacial score (nSPS) is 24.1. The second-order valence-electron chi connectivity index (χ2n) is 5.21. The van der Waals surface area contributed by atoms with E-state index in [1.165, 1.54) is 0 Å². The topological polar surface area (TPSA) is 16.1 Å². The first-order valence-electron chi connectivity index (χ1n) is 6.43. The zero-order valence-corrected chi connectivity index (χ0v) is 10.9. The van der Waals surface area contributed by atoms with Crippen LogP contribution in [0.1, 0.15) is 25.8 Å². The highest BCUT2D eigenvalue weighted by Crippen LogP contribution is 2.29. The minimum absolute atomic E-state index is 0.172. The van der Waals surface area contributed by atoms with Gasteiger partial charge in [0.2, 0.25) is 0 Å². The predicted molar refractivity (Wildman–Crippen MR) is 72.2 cm³/mol. The molecule has 0 N–H and O–H groups in total. The summed E-state index contributed by atoms with van der Waals surface area (Å²) in [5.41, 5.74) is 0.757. The molecule has 2 unspecified atom stereocenters. The summed E-state index contributed by atoms with van der Waals surface area (Å²) in [6.07, 6.45) is 7.07. The van der Waals surface area contributed by atoms with E-state index in [2.05, 4.69) is 24.8 Å². The fraction of sp³-hybridized carbons (Fsp3) is 0.533. The van der Waals surface area contributed by atoms with Gasteiger partial charge in [0.25, 0.3) is 0 Å². The van der Waals surface area contributed by atoms with E-state index >= 15 is 0 Å². The van der Waals surface area contributed by atoms with Crippen molar-refractivity contribution in [3.63, 3.8) is 0 Å². The fourth-order valence-electron chi connectivity index (χ4n) is 2.54. The number of anilines is 1. The molecule has 1 fully saturated rings. The van der Waals surface area contributed by atoms with Crippen molar-refractivity contribution in [2.45, 2.75) is 26.4 Å². The number of terminal acetylenes is 1. The summed E-state index contributed by atoms with van der Waals surface area (Å²) in [5.74, 6) is 3.93. The van der Waals surface area contributed by atoms with Crippen LogP contribution in [0, 0.1) is 24.2 Å². The Morgan fingerprint density at radius 1 is 1.50 bits per heavy atom. The number of halogens is 1. The molecule has 2 heterocycles. The Kier molecular flexibility index (Phi) is 3.86. The Balaban J connectivity index is 2.05. The number of rotatable bonds is 2. The maximum Gasteiger partial charge on any atom is 0.128 e. The van der Waals surface area contributed by atoms with Crippen LogP contribution in [-0.2, 0) is 0 Å². The van der Waals surface area contributed by atoms with Crippen LogP contribution in [0.4, 0.5) is 10.2 Å². The van der Waals surface area contributed by atoms with Crippen molar-refractivity contribution < 1.29 is 4.39 Å². The van der Waals surface area contributed by atoms with Gasteiger partial charge in [0.15, 0.2) is 0 Å². The van der Waals surface area contributed by atoms with Gasteiger partial charge in [-0.05, 0) is 30.4 Å². The Labute approximate surface area is 108 Å². The molecule has 1 aliphatic heterocycles. The van der Waals surface area contributed by atoms with E-state index in [-0.39, 0.29) is 5.92 Å². The summed E-state index contributed by atoms with van der Waals surface area (Å²) < 4.78 is 14.1. The van der Waals surface area contributed by atoms with Crippen LogP contribution in [0.25, 0.3) is 0 Å². The second kappa shape index (κ2) is 5.39. The average Bonchev–Trinajstić information content (AvgIpc) is 2.38. The highest BCUT2D eigenvalue weighted by molar-refractivity contribution is 5.43. The molecule has 0 radical (unpaired) electrons. The van der Waals surface area contributed by atoms with Gasteiger partial charge in [0, 0.05) is 18.3 Å². The van der Waals surface area contributed by atoms with Crippen molar-refractivity contribution in [1.82, 2.24) is 4.98 Å². The lowest BCUT2D eigenvalue weighted by Gasteiger charge is -2.37. The fourth-order valence-corrected chi connectivity index (χ4v) is 2.54. The number of piperidine rings is 1. The first kappa shape index (κ1) is 12.9. The molecule has 1 aliphatic rings. The molecule has 18 heavy (non-hydrogen) atoms. The molecule has 0 bridgehead atoms. The monoisotopic (exact) mass is 246 g/mol. The van der Waals surface area contributed by atoms with Gasteiger partial charge in [0.1, 0.15) is 12.0 Å². The van der Waals surface area contributed by atoms with Crippen molar-refractivity contribution in [2.75, 3.05) is 18.0 Å². The minimum atomic E-state index is -0.770. The highest BCUT2D eigenvalue weighted by Gasteiger charge is 2.31. The molecular weight excluding hydrogens is 227 g/mol. The van der Waals surface area contributed by atoms with E-state index in [0.29, 0.717) is 12.5 Å². The van der Waals surface area contributed by atoms with Crippen molar-refractivity contribution in [3.05, 3.63) is 23.9 Å². The molecule has 96 valence electrons. The third-order valence-corrected chi connectivity index (χ3v) is 3.69. The number of alkyl halides is 1. The van der Waals surface area contributed by atoms with Crippen LogP contribution in [-0.4, -0.2) is 24.2 Å². The van der Waals surface area contributed by atoms with E-state index in [4.69, 9.17) is 6.42 Å². The van der Waals surface area contributed by atoms with Crippen molar-refractivity contribution >= 4 is 5.82 Å². The highest BCUT2D eigenvalue weighted by atomic mass is 19.1. The summed E-state index contributed by atoms with van der Waals surface area (Å²) in [6, 6.07) is 3.72. The second-order valence-corrected chi connectivity index (χ2v) is 5.21. The SMILES string of the molecule is C#Cc1ccc(N2CCC(C(C)C)C(F)C2)nc1. The molecule has 1 aromatic heterocycles. The Hall–Kier alpha value is -1.56. The number of aromatic nitrogens is 1. The van der Waals surface area contributed by atoms with Crippen LogP contribution < -0.4 is 4.90 Å². The van der Waals surface area contributed by atoms with Gasteiger partial charge >= 0.3 is 0 Å². The van der Waals surface area contributed by atoms with Gasteiger partial charge in [0.05, 0.1) is 6.54 Å². The van der Waals surface area contributed by atoms with Crippen LogP contribution in [0.15, 0.2) is 18.3 Å². The lowest BCUT2D eigenvalue weighted by atomic mass is 9.85. The first-order chi connectivity index (χ1) is 8.61. The maximum absolute atomic E-state index is 14.1. The Morgan fingerprint density at radius 3 is 2.78 bits per heavy atom.